The molecule has 0 bridgehead atoms. The molecule has 0 aromatic heterocycles. The first kappa shape index (κ1) is 19.3. The van der Waals surface area contributed by atoms with Gasteiger partial charge in [0.1, 0.15) is 5.75 Å². The number of carbonyl (C=O) groups is 2. The molecule has 3 fully saturated rings. The number of hydrogen-bond acceptors (Lipinski definition) is 3. The molecule has 5 nitrogen and oxygen atoms in total. The van der Waals surface area contributed by atoms with Gasteiger partial charge < -0.3 is 14.5 Å². The fourth-order valence-electron chi connectivity index (χ4n) is 4.87. The van der Waals surface area contributed by atoms with Crippen LogP contribution in [-0.4, -0.2) is 54.4 Å². The molecular formula is C23H32N2O3. The summed E-state index contributed by atoms with van der Waals surface area (Å²) in [4.78, 5) is 28.4. The van der Waals surface area contributed by atoms with Crippen LogP contribution in [0.1, 0.15) is 39.0 Å². The molecule has 1 saturated carbocycles. The van der Waals surface area contributed by atoms with Gasteiger partial charge in [-0.25, -0.2) is 0 Å². The number of piperidine rings is 1. The lowest BCUT2D eigenvalue weighted by Crippen LogP contribution is -2.40. The molecule has 0 N–H and O–H groups in total. The van der Waals surface area contributed by atoms with Gasteiger partial charge in [0.25, 0.3) is 0 Å². The van der Waals surface area contributed by atoms with Crippen LogP contribution in [0.5, 0.6) is 5.75 Å². The zero-order valence-electron chi connectivity index (χ0n) is 16.9. The Morgan fingerprint density at radius 1 is 1.00 bits per heavy atom. The number of para-hydroxylation sites is 1. The molecule has 1 aromatic rings. The predicted octanol–water partition coefficient (Wildman–Crippen LogP) is 3.20. The van der Waals surface area contributed by atoms with Crippen molar-refractivity contribution in [1.82, 2.24) is 9.80 Å². The quantitative estimate of drug-likeness (QED) is 0.757. The van der Waals surface area contributed by atoms with Crippen LogP contribution in [0.3, 0.4) is 0 Å². The Morgan fingerprint density at radius 3 is 2.36 bits per heavy atom. The lowest BCUT2D eigenvalue weighted by Gasteiger charge is -2.36. The van der Waals surface area contributed by atoms with E-state index in [1.54, 1.807) is 6.92 Å². The molecule has 5 heteroatoms. The van der Waals surface area contributed by atoms with Crippen LogP contribution in [0.15, 0.2) is 30.3 Å². The van der Waals surface area contributed by atoms with Crippen molar-refractivity contribution in [3.63, 3.8) is 0 Å². The van der Waals surface area contributed by atoms with Crippen molar-refractivity contribution in [3.05, 3.63) is 30.3 Å². The highest BCUT2D eigenvalue weighted by atomic mass is 16.5. The van der Waals surface area contributed by atoms with Gasteiger partial charge >= 0.3 is 0 Å². The van der Waals surface area contributed by atoms with E-state index in [9.17, 15) is 9.59 Å². The van der Waals surface area contributed by atoms with Crippen LogP contribution in [0.25, 0.3) is 0 Å². The summed E-state index contributed by atoms with van der Waals surface area (Å²) in [7, 11) is 0. The van der Waals surface area contributed by atoms with Gasteiger partial charge in [0.05, 0.1) is 6.61 Å². The second-order valence-electron chi connectivity index (χ2n) is 8.84. The fraction of sp³-hybridized carbons (Fsp3) is 0.652. The van der Waals surface area contributed by atoms with E-state index < -0.39 is 0 Å². The van der Waals surface area contributed by atoms with E-state index in [2.05, 4.69) is 4.90 Å². The molecule has 2 aliphatic heterocycles. The van der Waals surface area contributed by atoms with Crippen LogP contribution in [0, 0.1) is 23.7 Å². The molecule has 0 unspecified atom stereocenters. The Labute approximate surface area is 168 Å². The number of amides is 2. The summed E-state index contributed by atoms with van der Waals surface area (Å²) in [5.74, 6) is 3.45. The topological polar surface area (TPSA) is 49.9 Å². The Morgan fingerprint density at radius 2 is 1.71 bits per heavy atom. The maximum Gasteiger partial charge on any atom is 0.222 e. The number of nitrogens with zero attached hydrogens (tertiary/aromatic N) is 2. The SMILES string of the molecule is CC(=O)N1CCC([C@@H]2CN(C(=O)CC3CC3)C[C@H]2COc2ccccc2)CC1. The maximum absolute atomic E-state index is 12.7. The smallest absolute Gasteiger partial charge is 0.222 e. The summed E-state index contributed by atoms with van der Waals surface area (Å²) in [6, 6.07) is 9.96. The van der Waals surface area contributed by atoms with Crippen LogP contribution in [0.4, 0.5) is 0 Å². The van der Waals surface area contributed by atoms with Gasteiger partial charge in [0.15, 0.2) is 0 Å². The first-order valence-corrected chi connectivity index (χ1v) is 10.8. The average Bonchev–Trinajstić information content (AvgIpc) is 3.42. The van der Waals surface area contributed by atoms with Crippen LogP contribution < -0.4 is 4.74 Å². The van der Waals surface area contributed by atoms with Gasteiger partial charge in [-0.1, -0.05) is 18.2 Å². The minimum Gasteiger partial charge on any atom is -0.493 e. The number of rotatable bonds is 6. The second-order valence-corrected chi connectivity index (χ2v) is 8.84. The van der Waals surface area contributed by atoms with Gasteiger partial charge in [-0.3, -0.25) is 9.59 Å². The molecule has 2 saturated heterocycles. The average molecular weight is 385 g/mol. The molecular weight excluding hydrogens is 352 g/mol. The lowest BCUT2D eigenvalue weighted by molar-refractivity contribution is -0.131. The predicted molar refractivity (Wildman–Crippen MR) is 108 cm³/mol. The summed E-state index contributed by atoms with van der Waals surface area (Å²) in [6.45, 7) is 5.69. The van der Waals surface area contributed by atoms with Gasteiger partial charge in [-0.2, -0.15) is 0 Å². The molecule has 28 heavy (non-hydrogen) atoms. The summed E-state index contributed by atoms with van der Waals surface area (Å²) in [6.07, 6.45) is 5.23. The van der Waals surface area contributed by atoms with Crippen molar-refractivity contribution < 1.29 is 14.3 Å². The van der Waals surface area contributed by atoms with Gasteiger partial charge in [0.2, 0.25) is 11.8 Å². The highest BCUT2D eigenvalue weighted by molar-refractivity contribution is 5.77. The van der Waals surface area contributed by atoms with E-state index in [0.717, 1.165) is 51.2 Å². The van der Waals surface area contributed by atoms with Gasteiger partial charge in [0, 0.05) is 45.4 Å². The second kappa shape index (κ2) is 8.54. The van der Waals surface area contributed by atoms with Crippen molar-refractivity contribution >= 4 is 11.8 Å². The molecule has 1 aromatic carbocycles. The maximum atomic E-state index is 12.7. The molecule has 1 aliphatic carbocycles. The summed E-state index contributed by atoms with van der Waals surface area (Å²) in [5.41, 5.74) is 0. The molecule has 0 radical (unpaired) electrons. The summed E-state index contributed by atoms with van der Waals surface area (Å²) >= 11 is 0. The van der Waals surface area contributed by atoms with E-state index in [1.807, 2.05) is 35.2 Å². The Hall–Kier alpha value is -2.04. The molecule has 2 heterocycles. The molecule has 152 valence electrons. The van der Waals surface area contributed by atoms with E-state index >= 15 is 0 Å². The largest absolute Gasteiger partial charge is 0.493 e. The standard InChI is InChI=1S/C23H32N2O3/c1-17(26)24-11-9-19(10-12-24)22-15-25(23(27)13-18-7-8-18)14-20(22)16-28-21-5-3-2-4-6-21/h2-6,18-20,22H,7-16H2,1H3/t20-,22-/m0/s1. The normalized spacial score (nSPS) is 25.8. The molecule has 2 atom stereocenters. The fourth-order valence-corrected chi connectivity index (χ4v) is 4.87. The van der Waals surface area contributed by atoms with E-state index in [0.29, 0.717) is 36.2 Å². The molecule has 0 spiro atoms. The summed E-state index contributed by atoms with van der Waals surface area (Å²) < 4.78 is 6.09. The number of benzene rings is 1. The van der Waals surface area contributed by atoms with E-state index in [1.165, 1.54) is 12.8 Å². The number of hydrogen-bond donors (Lipinski definition) is 0. The zero-order chi connectivity index (χ0) is 19.5. The highest BCUT2D eigenvalue weighted by Crippen LogP contribution is 2.38. The zero-order valence-corrected chi connectivity index (χ0v) is 16.9. The molecule has 3 aliphatic rings. The molecule has 4 rings (SSSR count). The van der Waals surface area contributed by atoms with Gasteiger partial charge in [-0.05, 0) is 55.6 Å². The van der Waals surface area contributed by atoms with Crippen molar-refractivity contribution in [2.24, 2.45) is 23.7 Å². The van der Waals surface area contributed by atoms with Crippen molar-refractivity contribution in [1.29, 1.82) is 0 Å². The third-order valence-electron chi connectivity index (χ3n) is 6.80. The Balaban J connectivity index is 1.39. The minimum absolute atomic E-state index is 0.176. The first-order chi connectivity index (χ1) is 13.6. The van der Waals surface area contributed by atoms with Crippen LogP contribution in [-0.2, 0) is 9.59 Å². The van der Waals surface area contributed by atoms with E-state index in [4.69, 9.17) is 4.74 Å². The highest BCUT2D eigenvalue weighted by Gasteiger charge is 2.41. The minimum atomic E-state index is 0.176. The third kappa shape index (κ3) is 4.68. The Kier molecular flexibility index (Phi) is 5.88. The third-order valence-corrected chi connectivity index (χ3v) is 6.80. The van der Waals surface area contributed by atoms with Crippen molar-refractivity contribution in [3.8, 4) is 5.75 Å². The van der Waals surface area contributed by atoms with Gasteiger partial charge in [-0.15, -0.1) is 0 Å². The van der Waals surface area contributed by atoms with Crippen LogP contribution in [0.2, 0.25) is 0 Å². The monoisotopic (exact) mass is 384 g/mol. The number of ether oxygens (including phenoxy) is 1. The van der Waals surface area contributed by atoms with Crippen LogP contribution >= 0.6 is 0 Å². The number of likely N-dealkylation sites (tertiary alicyclic amines) is 2. The van der Waals surface area contributed by atoms with Crippen molar-refractivity contribution in [2.45, 2.75) is 39.0 Å². The summed E-state index contributed by atoms with van der Waals surface area (Å²) in [5, 5.41) is 0. The Bertz CT molecular complexity index is 680. The number of carbonyl (C=O) groups excluding carboxylic acids is 2. The van der Waals surface area contributed by atoms with E-state index in [-0.39, 0.29) is 5.91 Å². The molecule has 2 amide bonds. The first-order valence-electron chi connectivity index (χ1n) is 10.8. The lowest BCUT2D eigenvalue weighted by atomic mass is 9.78. The van der Waals surface area contributed by atoms with Crippen molar-refractivity contribution in [2.75, 3.05) is 32.8 Å².